The summed E-state index contributed by atoms with van der Waals surface area (Å²) in [5.41, 5.74) is 0. The number of aliphatic hydroxyl groups excluding tert-OH is 1. The predicted molar refractivity (Wildman–Crippen MR) is 242 cm³/mol. The number of hydrogen-bond donors (Lipinski definition) is 2. The van der Waals surface area contributed by atoms with Crippen LogP contribution in [0.3, 0.4) is 0 Å². The van der Waals surface area contributed by atoms with Gasteiger partial charge < -0.3 is 28.8 Å². The first kappa shape index (κ1) is 56.2. The maximum absolute atomic E-state index is 12.8. The highest BCUT2D eigenvalue weighted by molar-refractivity contribution is 7.45. The Bertz CT molecular complexity index is 942. The number of amides is 1. The van der Waals surface area contributed by atoms with Crippen LogP contribution >= 0.6 is 7.82 Å². The summed E-state index contributed by atoms with van der Waals surface area (Å²) < 4.78 is 23.1. The molecule has 0 bridgehead atoms. The average molecular weight is 829 g/mol. The molecule has 0 aliphatic carbocycles. The maximum Gasteiger partial charge on any atom is 0.268 e. The van der Waals surface area contributed by atoms with E-state index < -0.39 is 20.0 Å². The molecule has 3 atom stereocenters. The first-order chi connectivity index (χ1) is 27.5. The second-order valence-corrected chi connectivity index (χ2v) is 19.6. The molecule has 57 heavy (non-hydrogen) atoms. The fourth-order valence-electron chi connectivity index (χ4n) is 7.33. The van der Waals surface area contributed by atoms with E-state index in [4.69, 9.17) is 9.05 Å². The van der Waals surface area contributed by atoms with Crippen LogP contribution < -0.4 is 10.2 Å². The average Bonchev–Trinajstić information content (AvgIpc) is 3.16. The third-order valence-corrected chi connectivity index (χ3v) is 12.2. The van der Waals surface area contributed by atoms with Gasteiger partial charge in [-0.15, -0.1) is 0 Å². The van der Waals surface area contributed by atoms with Crippen LogP contribution in [0.25, 0.3) is 0 Å². The number of nitrogens with zero attached hydrogens (tertiary/aromatic N) is 1. The Morgan fingerprint density at radius 2 is 0.965 bits per heavy atom. The molecule has 0 saturated carbocycles. The number of likely N-dealkylation sites (N-methyl/N-ethyl adjacent to an activating group) is 1. The van der Waals surface area contributed by atoms with Gasteiger partial charge in [0.05, 0.1) is 39.9 Å². The maximum atomic E-state index is 12.8. The zero-order valence-corrected chi connectivity index (χ0v) is 39.5. The van der Waals surface area contributed by atoms with E-state index in [0.717, 1.165) is 38.5 Å². The molecule has 0 spiro atoms. The molecule has 3 unspecified atom stereocenters. The molecule has 340 valence electrons. The molecule has 0 heterocycles. The van der Waals surface area contributed by atoms with E-state index >= 15 is 0 Å². The number of quaternary nitrogens is 1. The van der Waals surface area contributed by atoms with Crippen molar-refractivity contribution in [3.8, 4) is 0 Å². The van der Waals surface area contributed by atoms with Crippen LogP contribution in [-0.2, 0) is 18.4 Å². The Hall–Kier alpha value is -0.760. The summed E-state index contributed by atoms with van der Waals surface area (Å²) in [4.78, 5) is 25.2. The van der Waals surface area contributed by atoms with Gasteiger partial charge in [0, 0.05) is 6.42 Å². The molecular formula is C48H97N2O6P. The molecular weight excluding hydrogens is 732 g/mol. The first-order valence-corrected chi connectivity index (χ1v) is 26.0. The Labute approximate surface area is 354 Å². The Morgan fingerprint density at radius 3 is 1.37 bits per heavy atom. The Morgan fingerprint density at radius 1 is 0.596 bits per heavy atom. The largest absolute Gasteiger partial charge is 0.756 e. The number of carbonyl (C=O) groups excluding carboxylic acids is 1. The van der Waals surface area contributed by atoms with Crippen molar-refractivity contribution in [3.05, 3.63) is 12.2 Å². The van der Waals surface area contributed by atoms with Crippen molar-refractivity contribution in [3.63, 3.8) is 0 Å². The van der Waals surface area contributed by atoms with Gasteiger partial charge in [0.25, 0.3) is 7.82 Å². The molecule has 0 aliphatic rings. The number of rotatable bonds is 45. The van der Waals surface area contributed by atoms with Crippen LogP contribution in [0, 0.1) is 0 Å². The van der Waals surface area contributed by atoms with Crippen LogP contribution in [0.5, 0.6) is 0 Å². The standard InChI is InChI=1S/C48H97N2O6P/c1-6-8-10-12-14-15-16-17-18-19-20-21-22-23-24-25-26-27-28-29-30-31-32-33-34-35-36-38-40-42-48(52)49-46(47(51)41-39-37-13-11-9-7-2)45-56-57(53,54)55-44-43-50(3,4)5/h19-20,46-47,51H,6-18,21-45H2,1-5H3,(H-,49,52,53,54)/b20-19-. The highest BCUT2D eigenvalue weighted by atomic mass is 31.2. The lowest BCUT2D eigenvalue weighted by atomic mass is 10.0. The smallest absolute Gasteiger partial charge is 0.268 e. The van der Waals surface area contributed by atoms with E-state index in [0.29, 0.717) is 23.9 Å². The second kappa shape index (κ2) is 40.6. The molecule has 9 heteroatoms. The van der Waals surface area contributed by atoms with E-state index in [1.54, 1.807) is 0 Å². The Balaban J connectivity index is 3.87. The second-order valence-electron chi connectivity index (χ2n) is 18.2. The van der Waals surface area contributed by atoms with Gasteiger partial charge in [-0.25, -0.2) is 0 Å². The molecule has 8 nitrogen and oxygen atoms in total. The van der Waals surface area contributed by atoms with E-state index in [2.05, 4.69) is 31.3 Å². The van der Waals surface area contributed by atoms with Gasteiger partial charge in [0.2, 0.25) is 5.91 Å². The fourth-order valence-corrected chi connectivity index (χ4v) is 8.05. The molecule has 0 fully saturated rings. The van der Waals surface area contributed by atoms with Gasteiger partial charge in [0.1, 0.15) is 13.2 Å². The number of carbonyl (C=O) groups is 1. The van der Waals surface area contributed by atoms with Crippen molar-refractivity contribution in [2.45, 2.75) is 251 Å². The number of phosphoric ester groups is 1. The lowest BCUT2D eigenvalue weighted by molar-refractivity contribution is -0.870. The summed E-state index contributed by atoms with van der Waals surface area (Å²) in [5.74, 6) is -0.167. The number of aliphatic hydroxyl groups is 1. The fraction of sp³-hybridized carbons (Fsp3) is 0.938. The molecule has 0 aliphatic heterocycles. The van der Waals surface area contributed by atoms with Crippen LogP contribution in [-0.4, -0.2) is 68.5 Å². The van der Waals surface area contributed by atoms with E-state index in [9.17, 15) is 19.4 Å². The molecule has 2 N–H and O–H groups in total. The van der Waals surface area contributed by atoms with Crippen LogP contribution in [0.1, 0.15) is 239 Å². The molecule has 1 amide bonds. The highest BCUT2D eigenvalue weighted by Crippen LogP contribution is 2.38. The quantitative estimate of drug-likeness (QED) is 0.0274. The number of nitrogens with one attached hydrogen (secondary N) is 1. The molecule has 0 aromatic rings. The minimum absolute atomic E-state index is 0.0139. The Kier molecular flexibility index (Phi) is 40.1. The van der Waals surface area contributed by atoms with E-state index in [1.165, 1.54) is 173 Å². The van der Waals surface area contributed by atoms with Gasteiger partial charge in [-0.05, 0) is 38.5 Å². The lowest BCUT2D eigenvalue weighted by Gasteiger charge is -2.30. The normalized spacial score (nSPS) is 14.3. The number of hydrogen-bond acceptors (Lipinski definition) is 6. The molecule has 0 radical (unpaired) electrons. The predicted octanol–water partition coefficient (Wildman–Crippen LogP) is 13.3. The summed E-state index contributed by atoms with van der Waals surface area (Å²) in [6, 6.07) is -0.792. The molecule has 0 aromatic heterocycles. The van der Waals surface area contributed by atoms with Gasteiger partial charge in [-0.2, -0.15) is 0 Å². The van der Waals surface area contributed by atoms with Crippen molar-refractivity contribution in [2.24, 2.45) is 0 Å². The zero-order valence-electron chi connectivity index (χ0n) is 38.6. The van der Waals surface area contributed by atoms with Crippen molar-refractivity contribution < 1.29 is 32.9 Å². The number of unbranched alkanes of at least 4 members (excludes halogenated alkanes) is 30. The first-order valence-electron chi connectivity index (χ1n) is 24.5. The van der Waals surface area contributed by atoms with Gasteiger partial charge in [-0.3, -0.25) is 9.36 Å². The highest BCUT2D eigenvalue weighted by Gasteiger charge is 2.24. The number of phosphoric acid groups is 1. The van der Waals surface area contributed by atoms with Crippen molar-refractivity contribution in [2.75, 3.05) is 40.9 Å². The number of allylic oxidation sites excluding steroid dienone is 2. The van der Waals surface area contributed by atoms with Crippen molar-refractivity contribution in [1.29, 1.82) is 0 Å². The van der Waals surface area contributed by atoms with Crippen LogP contribution in [0.4, 0.5) is 0 Å². The lowest BCUT2D eigenvalue weighted by Crippen LogP contribution is -2.46. The van der Waals surface area contributed by atoms with Crippen LogP contribution in [0.15, 0.2) is 12.2 Å². The monoisotopic (exact) mass is 829 g/mol. The topological polar surface area (TPSA) is 108 Å². The third-order valence-electron chi connectivity index (χ3n) is 11.3. The van der Waals surface area contributed by atoms with Gasteiger partial charge in [0.15, 0.2) is 0 Å². The van der Waals surface area contributed by atoms with Gasteiger partial charge >= 0.3 is 0 Å². The molecule has 0 aromatic carbocycles. The van der Waals surface area contributed by atoms with Gasteiger partial charge in [-0.1, -0.05) is 206 Å². The summed E-state index contributed by atoms with van der Waals surface area (Å²) >= 11 is 0. The summed E-state index contributed by atoms with van der Waals surface area (Å²) in [7, 11) is 1.31. The minimum atomic E-state index is -4.55. The summed E-state index contributed by atoms with van der Waals surface area (Å²) in [6.45, 7) is 4.67. The minimum Gasteiger partial charge on any atom is -0.756 e. The third kappa shape index (κ3) is 43.1. The van der Waals surface area contributed by atoms with Crippen molar-refractivity contribution in [1.82, 2.24) is 5.32 Å². The molecule has 0 saturated heterocycles. The van der Waals surface area contributed by atoms with E-state index in [1.807, 2.05) is 21.1 Å². The SMILES string of the molecule is CCCCCCCCCC/C=C\CCCCCCCCCCCCCCCCCCCC(=O)NC(COP(=O)([O-])OCC[N+](C)(C)C)C(O)CCCCCCCC. The molecule has 0 rings (SSSR count). The van der Waals surface area contributed by atoms with E-state index in [-0.39, 0.29) is 19.1 Å². The zero-order chi connectivity index (χ0) is 42.1. The van der Waals surface area contributed by atoms with Crippen LogP contribution in [0.2, 0.25) is 0 Å². The summed E-state index contributed by atoms with van der Waals surface area (Å²) in [6.07, 6.45) is 47.1. The van der Waals surface area contributed by atoms with Crippen molar-refractivity contribution >= 4 is 13.7 Å². The summed E-state index contributed by atoms with van der Waals surface area (Å²) in [5, 5.41) is 13.8.